The second kappa shape index (κ2) is 6.08. The van der Waals surface area contributed by atoms with Gasteiger partial charge in [0.1, 0.15) is 18.3 Å². The number of fused-ring (bicyclic) bond motifs is 1. The zero-order valence-electron chi connectivity index (χ0n) is 12.0. The average Bonchev–Trinajstić information content (AvgIpc) is 2.57. The summed E-state index contributed by atoms with van der Waals surface area (Å²) in [6, 6.07) is 6.78. The van der Waals surface area contributed by atoms with Gasteiger partial charge in [0, 0.05) is 6.54 Å². The maximum absolute atomic E-state index is 12.5. The Labute approximate surface area is 128 Å². The quantitative estimate of drug-likeness (QED) is 0.736. The fourth-order valence-corrected chi connectivity index (χ4v) is 2.59. The van der Waals surface area contributed by atoms with Gasteiger partial charge in [-0.2, -0.15) is 0 Å². The van der Waals surface area contributed by atoms with Gasteiger partial charge in [-0.05, 0) is 12.1 Å². The van der Waals surface area contributed by atoms with E-state index >= 15 is 0 Å². The molecule has 6 heteroatoms. The molecule has 1 saturated heterocycles. The molecule has 0 aliphatic carbocycles. The summed E-state index contributed by atoms with van der Waals surface area (Å²) in [5.41, 5.74) is 0.609. The van der Waals surface area contributed by atoms with Crippen LogP contribution in [0.2, 0.25) is 0 Å². The predicted molar refractivity (Wildman–Crippen MR) is 79.4 cm³/mol. The molecule has 2 heterocycles. The second-order valence-electron chi connectivity index (χ2n) is 5.08. The number of morpholine rings is 1. The number of hydrogen-bond acceptors (Lipinski definition) is 4. The monoisotopic (exact) mass is 300 g/mol. The Balaban J connectivity index is 1.79. The Morgan fingerprint density at radius 1 is 1.41 bits per heavy atom. The first kappa shape index (κ1) is 14.4. The van der Waals surface area contributed by atoms with Crippen molar-refractivity contribution in [3.63, 3.8) is 0 Å². The Kier molecular flexibility index (Phi) is 3.98. The van der Waals surface area contributed by atoms with Gasteiger partial charge in [-0.15, -0.1) is 6.42 Å². The zero-order chi connectivity index (χ0) is 15.5. The molecular formula is C16H16N2O4. The van der Waals surface area contributed by atoms with Gasteiger partial charge in [-0.25, -0.2) is 0 Å². The summed E-state index contributed by atoms with van der Waals surface area (Å²) in [7, 11) is 0. The number of carbonyl (C=O) groups excluding carboxylic acids is 2. The van der Waals surface area contributed by atoms with Crippen LogP contribution in [-0.2, 0) is 14.3 Å². The number of benzene rings is 1. The first-order valence-corrected chi connectivity index (χ1v) is 7.06. The predicted octanol–water partition coefficient (Wildman–Crippen LogP) is 0.273. The fourth-order valence-electron chi connectivity index (χ4n) is 2.59. The lowest BCUT2D eigenvalue weighted by atomic mass is 10.2. The smallest absolute Gasteiger partial charge is 0.265 e. The topological polar surface area (TPSA) is 59.1 Å². The molecule has 0 N–H and O–H groups in total. The molecule has 0 aromatic heterocycles. The number of nitrogens with zero attached hydrogens (tertiary/aromatic N) is 2. The largest absolute Gasteiger partial charge is 0.482 e. The minimum absolute atomic E-state index is 0.0443. The van der Waals surface area contributed by atoms with Crippen molar-refractivity contribution in [2.45, 2.75) is 6.04 Å². The van der Waals surface area contributed by atoms with Crippen LogP contribution in [0, 0.1) is 12.3 Å². The SMILES string of the molecule is C#CC1COCCN1C(=O)CN1C(=O)COc2ccccc21. The number of ether oxygens (including phenoxy) is 2. The minimum atomic E-state index is -0.382. The van der Waals surface area contributed by atoms with Gasteiger partial charge in [0.25, 0.3) is 5.91 Å². The molecule has 1 fully saturated rings. The van der Waals surface area contributed by atoms with E-state index in [2.05, 4.69) is 5.92 Å². The molecular weight excluding hydrogens is 284 g/mol. The van der Waals surface area contributed by atoms with E-state index in [0.29, 0.717) is 31.2 Å². The van der Waals surface area contributed by atoms with Crippen LogP contribution in [0.5, 0.6) is 5.75 Å². The summed E-state index contributed by atoms with van der Waals surface area (Å²) >= 11 is 0. The van der Waals surface area contributed by atoms with Gasteiger partial charge in [0.2, 0.25) is 5.91 Å². The Hall–Kier alpha value is -2.52. The summed E-state index contributed by atoms with van der Waals surface area (Å²) in [6.45, 7) is 1.12. The minimum Gasteiger partial charge on any atom is -0.482 e. The van der Waals surface area contributed by atoms with Crippen LogP contribution >= 0.6 is 0 Å². The lowest BCUT2D eigenvalue weighted by molar-refractivity contribution is -0.137. The molecule has 0 bridgehead atoms. The second-order valence-corrected chi connectivity index (χ2v) is 5.08. The molecule has 2 aliphatic heterocycles. The third kappa shape index (κ3) is 2.63. The molecule has 2 amide bonds. The number of anilines is 1. The fraction of sp³-hybridized carbons (Fsp3) is 0.375. The highest BCUT2D eigenvalue weighted by molar-refractivity contribution is 6.02. The summed E-state index contributed by atoms with van der Waals surface area (Å²) in [6.07, 6.45) is 5.44. The van der Waals surface area contributed by atoms with Crippen LogP contribution in [0.1, 0.15) is 0 Å². The van der Waals surface area contributed by atoms with E-state index < -0.39 is 0 Å². The molecule has 22 heavy (non-hydrogen) atoms. The average molecular weight is 300 g/mol. The molecule has 1 aromatic carbocycles. The van der Waals surface area contributed by atoms with Crippen LogP contribution in [-0.4, -0.2) is 55.7 Å². The summed E-state index contributed by atoms with van der Waals surface area (Å²) in [5, 5.41) is 0. The van der Waals surface area contributed by atoms with Crippen LogP contribution < -0.4 is 9.64 Å². The third-order valence-corrected chi connectivity index (χ3v) is 3.74. The van der Waals surface area contributed by atoms with Gasteiger partial charge in [0.15, 0.2) is 6.61 Å². The number of amides is 2. The molecule has 1 unspecified atom stereocenters. The standard InChI is InChI=1S/C16H16N2O4/c1-2-12-10-21-8-7-17(12)15(19)9-18-13-5-3-4-6-14(13)22-11-16(18)20/h1,3-6,12H,7-11H2. The maximum atomic E-state index is 12.5. The molecule has 0 saturated carbocycles. The van der Waals surface area contributed by atoms with Crippen LogP contribution in [0.25, 0.3) is 0 Å². The van der Waals surface area contributed by atoms with Crippen molar-refractivity contribution in [2.24, 2.45) is 0 Å². The molecule has 0 spiro atoms. The highest BCUT2D eigenvalue weighted by Gasteiger charge is 2.31. The zero-order valence-corrected chi connectivity index (χ0v) is 12.0. The number of terminal acetylenes is 1. The van der Waals surface area contributed by atoms with Crippen LogP contribution in [0.4, 0.5) is 5.69 Å². The molecule has 2 aliphatic rings. The van der Waals surface area contributed by atoms with E-state index in [0.717, 1.165) is 0 Å². The van der Waals surface area contributed by atoms with Gasteiger partial charge in [0.05, 0.1) is 18.9 Å². The van der Waals surface area contributed by atoms with E-state index in [9.17, 15) is 9.59 Å². The summed E-state index contributed by atoms with van der Waals surface area (Å²) in [4.78, 5) is 27.7. The molecule has 1 aromatic rings. The lowest BCUT2D eigenvalue weighted by Crippen LogP contribution is -2.53. The lowest BCUT2D eigenvalue weighted by Gasteiger charge is -2.35. The molecule has 6 nitrogen and oxygen atoms in total. The third-order valence-electron chi connectivity index (χ3n) is 3.74. The number of rotatable bonds is 2. The summed E-state index contributed by atoms with van der Waals surface area (Å²) in [5.74, 6) is 2.73. The van der Waals surface area contributed by atoms with Crippen molar-refractivity contribution in [1.82, 2.24) is 4.90 Å². The van der Waals surface area contributed by atoms with E-state index in [4.69, 9.17) is 15.9 Å². The van der Waals surface area contributed by atoms with Gasteiger partial charge < -0.3 is 14.4 Å². The Bertz CT molecular complexity index is 637. The van der Waals surface area contributed by atoms with Crippen molar-refractivity contribution in [1.29, 1.82) is 0 Å². The molecule has 3 rings (SSSR count). The normalized spacial score (nSPS) is 20.9. The molecule has 1 atom stereocenters. The van der Waals surface area contributed by atoms with E-state index in [-0.39, 0.29) is 31.0 Å². The molecule has 0 radical (unpaired) electrons. The van der Waals surface area contributed by atoms with Crippen molar-refractivity contribution in [3.05, 3.63) is 24.3 Å². The van der Waals surface area contributed by atoms with Crippen LogP contribution in [0.3, 0.4) is 0 Å². The van der Waals surface area contributed by atoms with E-state index in [1.807, 2.05) is 6.07 Å². The maximum Gasteiger partial charge on any atom is 0.265 e. The number of hydrogen-bond donors (Lipinski definition) is 0. The van der Waals surface area contributed by atoms with Gasteiger partial charge in [-0.3, -0.25) is 14.5 Å². The van der Waals surface area contributed by atoms with Gasteiger partial charge >= 0.3 is 0 Å². The van der Waals surface area contributed by atoms with Crippen molar-refractivity contribution in [3.8, 4) is 18.1 Å². The number of para-hydroxylation sites is 2. The number of carbonyl (C=O) groups is 2. The first-order valence-electron chi connectivity index (χ1n) is 7.06. The van der Waals surface area contributed by atoms with Crippen molar-refractivity contribution in [2.75, 3.05) is 37.8 Å². The van der Waals surface area contributed by atoms with Crippen molar-refractivity contribution >= 4 is 17.5 Å². The Morgan fingerprint density at radius 2 is 2.23 bits per heavy atom. The summed E-state index contributed by atoms with van der Waals surface area (Å²) < 4.78 is 10.7. The van der Waals surface area contributed by atoms with Gasteiger partial charge in [-0.1, -0.05) is 18.1 Å². The first-order chi connectivity index (χ1) is 10.7. The van der Waals surface area contributed by atoms with E-state index in [1.165, 1.54) is 4.90 Å². The molecule has 114 valence electrons. The van der Waals surface area contributed by atoms with Crippen LogP contribution in [0.15, 0.2) is 24.3 Å². The highest BCUT2D eigenvalue weighted by atomic mass is 16.5. The van der Waals surface area contributed by atoms with E-state index in [1.54, 1.807) is 23.1 Å². The van der Waals surface area contributed by atoms with Crippen molar-refractivity contribution < 1.29 is 19.1 Å². The Morgan fingerprint density at radius 3 is 3.05 bits per heavy atom. The highest BCUT2D eigenvalue weighted by Crippen LogP contribution is 2.31.